The van der Waals surface area contributed by atoms with Gasteiger partial charge in [0.2, 0.25) is 12.3 Å². The van der Waals surface area contributed by atoms with E-state index in [1.807, 2.05) is 17.0 Å². The zero-order valence-corrected chi connectivity index (χ0v) is 16.1. The molecule has 7 heteroatoms. The highest BCUT2D eigenvalue weighted by molar-refractivity contribution is 5.76. The summed E-state index contributed by atoms with van der Waals surface area (Å²) in [5.41, 5.74) is 5.39. The summed E-state index contributed by atoms with van der Waals surface area (Å²) < 4.78 is 12.9. The van der Waals surface area contributed by atoms with Gasteiger partial charge in [-0.15, -0.1) is 0 Å². The number of rotatable bonds is 7. The van der Waals surface area contributed by atoms with Crippen molar-refractivity contribution in [1.29, 1.82) is 0 Å². The minimum absolute atomic E-state index is 0.172. The smallest absolute Gasteiger partial charge is 0.222 e. The maximum absolute atomic E-state index is 12.9. The predicted octanol–water partition coefficient (Wildman–Crippen LogP) is 1.32. The Kier molecular flexibility index (Phi) is 8.67. The summed E-state index contributed by atoms with van der Waals surface area (Å²) in [5.74, 6) is 0.658. The molecule has 2 atom stereocenters. The lowest BCUT2D eigenvalue weighted by atomic mass is 10.1. The summed E-state index contributed by atoms with van der Waals surface area (Å²) in [6, 6.07) is 7.36. The highest BCUT2D eigenvalue weighted by Gasteiger charge is 2.37. The molecule has 27 heavy (non-hydrogen) atoms. The Bertz CT molecular complexity index is 588. The van der Waals surface area contributed by atoms with Crippen LogP contribution in [0.25, 0.3) is 0 Å². The highest BCUT2D eigenvalue weighted by atomic mass is 19.1. The van der Waals surface area contributed by atoms with Crippen molar-refractivity contribution in [2.75, 3.05) is 39.8 Å². The SMILES string of the molecule is CN1CCN(C(=O)CCCCNC2CC2c2ccc(F)cc2)CC1.NC=O. The van der Waals surface area contributed by atoms with Crippen molar-refractivity contribution in [3.63, 3.8) is 0 Å². The van der Waals surface area contributed by atoms with Crippen molar-refractivity contribution in [2.45, 2.75) is 37.6 Å². The summed E-state index contributed by atoms with van der Waals surface area (Å²) in [6.07, 6.45) is 4.03. The number of nitrogens with two attached hydrogens (primary N) is 1. The molecule has 1 saturated carbocycles. The van der Waals surface area contributed by atoms with Gasteiger partial charge < -0.3 is 20.9 Å². The molecule has 1 heterocycles. The van der Waals surface area contributed by atoms with Gasteiger partial charge in [0.05, 0.1) is 0 Å². The molecule has 6 nitrogen and oxygen atoms in total. The second-order valence-corrected chi connectivity index (χ2v) is 7.23. The first-order valence-corrected chi connectivity index (χ1v) is 9.65. The second-order valence-electron chi connectivity index (χ2n) is 7.23. The van der Waals surface area contributed by atoms with Crippen LogP contribution in [0.5, 0.6) is 0 Å². The minimum Gasteiger partial charge on any atom is -0.372 e. The Hall–Kier alpha value is -1.99. The third-order valence-corrected chi connectivity index (χ3v) is 5.17. The maximum atomic E-state index is 12.9. The van der Waals surface area contributed by atoms with Gasteiger partial charge >= 0.3 is 0 Å². The van der Waals surface area contributed by atoms with Gasteiger partial charge in [0.1, 0.15) is 5.82 Å². The average molecular weight is 378 g/mol. The number of benzene rings is 1. The first-order valence-electron chi connectivity index (χ1n) is 9.65. The molecule has 1 saturated heterocycles. The quantitative estimate of drug-likeness (QED) is 0.554. The number of piperazine rings is 1. The lowest BCUT2D eigenvalue weighted by molar-refractivity contribution is -0.132. The molecule has 1 aromatic rings. The summed E-state index contributed by atoms with van der Waals surface area (Å²) in [4.78, 5) is 25.0. The number of hydrogen-bond donors (Lipinski definition) is 2. The Morgan fingerprint density at radius 3 is 2.48 bits per heavy atom. The number of likely N-dealkylation sites (N-methyl/N-ethyl adjacent to an activating group) is 1. The highest BCUT2D eigenvalue weighted by Crippen LogP contribution is 2.40. The van der Waals surface area contributed by atoms with E-state index in [9.17, 15) is 9.18 Å². The number of halogens is 1. The van der Waals surface area contributed by atoms with Gasteiger partial charge in [-0.05, 0) is 50.6 Å². The largest absolute Gasteiger partial charge is 0.372 e. The average Bonchev–Trinajstić information content (AvgIpc) is 3.42. The fourth-order valence-electron chi connectivity index (χ4n) is 3.40. The van der Waals surface area contributed by atoms with Crippen LogP contribution in [0.4, 0.5) is 4.39 Å². The molecule has 1 aromatic carbocycles. The first kappa shape index (κ1) is 21.3. The number of amides is 2. The molecule has 0 aromatic heterocycles. The predicted molar refractivity (Wildman–Crippen MR) is 104 cm³/mol. The molecule has 0 spiro atoms. The van der Waals surface area contributed by atoms with Crippen molar-refractivity contribution >= 4 is 12.3 Å². The lowest BCUT2D eigenvalue weighted by Crippen LogP contribution is -2.47. The number of primary amides is 1. The van der Waals surface area contributed by atoms with Gasteiger partial charge in [-0.3, -0.25) is 9.59 Å². The van der Waals surface area contributed by atoms with E-state index in [1.54, 1.807) is 0 Å². The molecular weight excluding hydrogens is 347 g/mol. The molecule has 3 rings (SSSR count). The number of nitrogens with one attached hydrogen (secondary N) is 1. The third-order valence-electron chi connectivity index (χ3n) is 5.17. The molecular formula is C20H31FN4O2. The summed E-state index contributed by atoms with van der Waals surface area (Å²) in [5, 5.41) is 3.55. The molecule has 0 radical (unpaired) electrons. The Balaban J connectivity index is 0.000000817. The van der Waals surface area contributed by atoms with Crippen LogP contribution in [0.2, 0.25) is 0 Å². The first-order chi connectivity index (χ1) is 13.0. The molecule has 1 aliphatic heterocycles. The van der Waals surface area contributed by atoms with Crippen LogP contribution in [0, 0.1) is 5.82 Å². The van der Waals surface area contributed by atoms with E-state index in [2.05, 4.69) is 23.0 Å². The fraction of sp³-hybridized carbons (Fsp3) is 0.600. The van der Waals surface area contributed by atoms with Crippen molar-refractivity contribution in [3.05, 3.63) is 35.6 Å². The van der Waals surface area contributed by atoms with Gasteiger partial charge in [0.15, 0.2) is 0 Å². The molecule has 3 N–H and O–H groups in total. The molecule has 2 fully saturated rings. The standard InChI is InChI=1S/C19H28FN3O.CH3NO/c1-22-10-12-23(13-11-22)19(24)4-2-3-9-21-18-14-17(18)15-5-7-16(20)8-6-15;2-1-3/h5-8,17-18,21H,2-4,9-14H2,1H3;1H,(H2,2,3). The van der Waals surface area contributed by atoms with E-state index in [0.29, 0.717) is 24.3 Å². The van der Waals surface area contributed by atoms with Crippen LogP contribution in [0.15, 0.2) is 24.3 Å². The van der Waals surface area contributed by atoms with E-state index >= 15 is 0 Å². The molecule has 1 aliphatic carbocycles. The molecule has 2 unspecified atom stereocenters. The Labute approximate surface area is 160 Å². The number of unbranched alkanes of at least 4 members (excludes halogenated alkanes) is 1. The van der Waals surface area contributed by atoms with E-state index in [1.165, 1.54) is 17.7 Å². The Morgan fingerprint density at radius 2 is 1.85 bits per heavy atom. The van der Waals surface area contributed by atoms with Crippen LogP contribution in [0.1, 0.15) is 37.2 Å². The van der Waals surface area contributed by atoms with E-state index < -0.39 is 0 Å². The van der Waals surface area contributed by atoms with E-state index in [-0.39, 0.29) is 12.2 Å². The van der Waals surface area contributed by atoms with Crippen LogP contribution in [-0.2, 0) is 9.59 Å². The van der Waals surface area contributed by atoms with Crippen molar-refractivity contribution in [1.82, 2.24) is 15.1 Å². The topological polar surface area (TPSA) is 78.7 Å². The Morgan fingerprint density at radius 1 is 1.22 bits per heavy atom. The summed E-state index contributed by atoms with van der Waals surface area (Å²) in [6.45, 7) is 4.67. The molecule has 2 amide bonds. The van der Waals surface area contributed by atoms with Gasteiger partial charge in [0.25, 0.3) is 0 Å². The van der Waals surface area contributed by atoms with Crippen LogP contribution in [-0.4, -0.2) is 67.9 Å². The van der Waals surface area contributed by atoms with Crippen molar-refractivity contribution in [3.8, 4) is 0 Å². The summed E-state index contributed by atoms with van der Waals surface area (Å²) in [7, 11) is 2.10. The molecule has 2 aliphatic rings. The number of nitrogens with zero attached hydrogens (tertiary/aromatic N) is 2. The lowest BCUT2D eigenvalue weighted by Gasteiger charge is -2.32. The third kappa shape index (κ3) is 7.27. The summed E-state index contributed by atoms with van der Waals surface area (Å²) >= 11 is 0. The zero-order chi connectivity index (χ0) is 19.6. The van der Waals surface area contributed by atoms with Gasteiger partial charge in [0, 0.05) is 44.6 Å². The van der Waals surface area contributed by atoms with Crippen molar-refractivity contribution in [2.24, 2.45) is 5.73 Å². The van der Waals surface area contributed by atoms with Gasteiger partial charge in [-0.2, -0.15) is 0 Å². The van der Waals surface area contributed by atoms with Crippen molar-refractivity contribution < 1.29 is 14.0 Å². The zero-order valence-electron chi connectivity index (χ0n) is 16.1. The number of carbonyl (C=O) groups is 2. The second kappa shape index (κ2) is 11.0. The molecule has 150 valence electrons. The van der Waals surface area contributed by atoms with Gasteiger partial charge in [-0.1, -0.05) is 12.1 Å². The van der Waals surface area contributed by atoms with Gasteiger partial charge in [-0.25, -0.2) is 4.39 Å². The van der Waals surface area contributed by atoms with E-state index in [4.69, 9.17) is 4.79 Å². The van der Waals surface area contributed by atoms with Crippen LogP contribution >= 0.6 is 0 Å². The maximum Gasteiger partial charge on any atom is 0.222 e. The normalized spacial score (nSPS) is 21.9. The van der Waals surface area contributed by atoms with Crippen LogP contribution < -0.4 is 11.1 Å². The number of carbonyl (C=O) groups excluding carboxylic acids is 2. The van der Waals surface area contributed by atoms with Crippen LogP contribution in [0.3, 0.4) is 0 Å². The molecule has 0 bridgehead atoms. The minimum atomic E-state index is -0.172. The fourth-order valence-corrected chi connectivity index (χ4v) is 3.40. The van der Waals surface area contributed by atoms with E-state index in [0.717, 1.165) is 52.0 Å². The monoisotopic (exact) mass is 378 g/mol. The number of hydrogen-bond acceptors (Lipinski definition) is 4.